The predicted molar refractivity (Wildman–Crippen MR) is 130 cm³/mol. The predicted octanol–water partition coefficient (Wildman–Crippen LogP) is 5.39. The molecule has 168 valence electrons. The van der Waals surface area contributed by atoms with Crippen LogP contribution >= 0.6 is 0 Å². The van der Waals surface area contributed by atoms with E-state index in [1.807, 2.05) is 48.5 Å². The highest BCUT2D eigenvalue weighted by atomic mass is 16.5. The first-order valence-corrected chi connectivity index (χ1v) is 10.9. The van der Waals surface area contributed by atoms with E-state index in [-0.39, 0.29) is 12.3 Å². The lowest BCUT2D eigenvalue weighted by Gasteiger charge is -2.10. The Labute approximate surface area is 196 Å². The van der Waals surface area contributed by atoms with E-state index in [2.05, 4.69) is 11.1 Å². The van der Waals surface area contributed by atoms with Crippen molar-refractivity contribution in [2.24, 2.45) is 0 Å². The molecule has 0 aliphatic rings. The third-order valence-corrected chi connectivity index (χ3v) is 5.93. The van der Waals surface area contributed by atoms with E-state index < -0.39 is 5.97 Å². The van der Waals surface area contributed by atoms with Crippen molar-refractivity contribution in [3.8, 4) is 5.75 Å². The van der Waals surface area contributed by atoms with Gasteiger partial charge in [0.15, 0.2) is 0 Å². The number of aliphatic carboxylic acids is 1. The van der Waals surface area contributed by atoms with Crippen LogP contribution in [0.15, 0.2) is 85.1 Å². The molecule has 0 amide bonds. The number of carbonyl (C=O) groups excluding carboxylic acids is 1. The second kappa shape index (κ2) is 8.83. The molecule has 6 heteroatoms. The average molecular weight is 450 g/mol. The van der Waals surface area contributed by atoms with Crippen molar-refractivity contribution in [2.45, 2.75) is 20.0 Å². The van der Waals surface area contributed by atoms with Crippen molar-refractivity contribution in [3.05, 3.63) is 107 Å². The van der Waals surface area contributed by atoms with Crippen LogP contribution in [0, 0.1) is 6.92 Å². The number of aromatic nitrogens is 2. The van der Waals surface area contributed by atoms with Crippen LogP contribution < -0.4 is 4.74 Å². The third-order valence-electron chi connectivity index (χ3n) is 5.93. The van der Waals surface area contributed by atoms with Gasteiger partial charge in [-0.2, -0.15) is 0 Å². The first-order chi connectivity index (χ1) is 16.5. The molecule has 0 radical (unpaired) electrons. The van der Waals surface area contributed by atoms with Gasteiger partial charge >= 0.3 is 5.97 Å². The number of hydrogen-bond acceptors (Lipinski definition) is 4. The van der Waals surface area contributed by atoms with Gasteiger partial charge in [0.25, 0.3) is 5.91 Å². The van der Waals surface area contributed by atoms with Crippen LogP contribution in [0.3, 0.4) is 0 Å². The Bertz CT molecular complexity index is 1530. The Morgan fingerprint density at radius 3 is 2.50 bits per heavy atom. The SMILES string of the molecule is Cc1c(CC(=O)O)c2ccccc2n1C(=O)c1ccc(OCc2cnc3ccccc3c2)cc1. The number of benzene rings is 3. The van der Waals surface area contributed by atoms with Crippen molar-refractivity contribution in [3.63, 3.8) is 0 Å². The minimum atomic E-state index is -0.929. The molecular weight excluding hydrogens is 428 g/mol. The van der Waals surface area contributed by atoms with Crippen LogP contribution in [0.5, 0.6) is 5.75 Å². The third kappa shape index (κ3) is 4.01. The van der Waals surface area contributed by atoms with Gasteiger partial charge in [-0.1, -0.05) is 36.4 Å². The highest BCUT2D eigenvalue weighted by Gasteiger charge is 2.21. The van der Waals surface area contributed by atoms with E-state index in [1.165, 1.54) is 0 Å². The van der Waals surface area contributed by atoms with E-state index >= 15 is 0 Å². The zero-order chi connectivity index (χ0) is 23.7. The molecule has 34 heavy (non-hydrogen) atoms. The fraction of sp³-hybridized carbons (Fsp3) is 0.107. The molecule has 0 atom stereocenters. The summed E-state index contributed by atoms with van der Waals surface area (Å²) in [6.07, 6.45) is 1.66. The molecule has 0 spiro atoms. The number of carboxylic acids is 1. The number of rotatable bonds is 6. The molecule has 2 aromatic heterocycles. The fourth-order valence-electron chi connectivity index (χ4n) is 4.26. The topological polar surface area (TPSA) is 81.4 Å². The molecule has 6 nitrogen and oxygen atoms in total. The summed E-state index contributed by atoms with van der Waals surface area (Å²) in [5, 5.41) is 11.2. The lowest BCUT2D eigenvalue weighted by molar-refractivity contribution is -0.136. The molecule has 2 heterocycles. The molecule has 5 aromatic rings. The summed E-state index contributed by atoms with van der Waals surface area (Å²) in [5.74, 6) is -0.498. The minimum Gasteiger partial charge on any atom is -0.489 e. The first-order valence-electron chi connectivity index (χ1n) is 10.9. The molecule has 3 aromatic carbocycles. The van der Waals surface area contributed by atoms with Gasteiger partial charge in [0.2, 0.25) is 0 Å². The van der Waals surface area contributed by atoms with Gasteiger partial charge in [-0.3, -0.25) is 19.1 Å². The maximum atomic E-state index is 13.4. The monoisotopic (exact) mass is 450 g/mol. The Morgan fingerprint density at radius 1 is 0.971 bits per heavy atom. The first kappa shape index (κ1) is 21.4. The lowest BCUT2D eigenvalue weighted by atomic mass is 10.1. The van der Waals surface area contributed by atoms with Crippen molar-refractivity contribution >= 4 is 33.7 Å². The van der Waals surface area contributed by atoms with E-state index in [0.29, 0.717) is 34.7 Å². The standard InChI is InChI=1S/C28H22N2O4/c1-18-24(15-27(31)32)23-7-3-5-9-26(23)30(18)28(33)20-10-12-22(13-11-20)34-17-19-14-21-6-2-4-8-25(21)29-16-19/h2-14,16H,15,17H2,1H3,(H,31,32). The Morgan fingerprint density at radius 2 is 1.71 bits per heavy atom. The summed E-state index contributed by atoms with van der Waals surface area (Å²) in [5.41, 5.74) is 4.38. The summed E-state index contributed by atoms with van der Waals surface area (Å²) >= 11 is 0. The zero-order valence-corrected chi connectivity index (χ0v) is 18.6. The number of para-hydroxylation sites is 2. The van der Waals surface area contributed by atoms with Crippen molar-refractivity contribution < 1.29 is 19.4 Å². The van der Waals surface area contributed by atoms with E-state index in [9.17, 15) is 14.7 Å². The van der Waals surface area contributed by atoms with Crippen molar-refractivity contribution in [2.75, 3.05) is 0 Å². The second-order valence-corrected chi connectivity index (χ2v) is 8.14. The van der Waals surface area contributed by atoms with E-state index in [4.69, 9.17) is 4.74 Å². The molecule has 5 rings (SSSR count). The number of pyridine rings is 1. The molecule has 0 saturated carbocycles. The summed E-state index contributed by atoms with van der Waals surface area (Å²) in [6.45, 7) is 2.15. The van der Waals surface area contributed by atoms with Gasteiger partial charge in [0.1, 0.15) is 12.4 Å². The number of nitrogens with zero attached hydrogens (tertiary/aromatic N) is 2. The average Bonchev–Trinajstić information content (AvgIpc) is 3.13. The maximum absolute atomic E-state index is 13.4. The minimum absolute atomic E-state index is 0.136. The molecule has 0 aliphatic carbocycles. The Balaban J connectivity index is 1.37. The molecule has 0 fully saturated rings. The summed E-state index contributed by atoms with van der Waals surface area (Å²) < 4.78 is 7.49. The number of hydrogen-bond donors (Lipinski definition) is 1. The van der Waals surface area contributed by atoms with Gasteiger partial charge in [0.05, 0.1) is 17.5 Å². The van der Waals surface area contributed by atoms with Crippen LogP contribution in [0.2, 0.25) is 0 Å². The van der Waals surface area contributed by atoms with Gasteiger partial charge in [-0.15, -0.1) is 0 Å². The fourth-order valence-corrected chi connectivity index (χ4v) is 4.26. The van der Waals surface area contributed by atoms with Gasteiger partial charge < -0.3 is 9.84 Å². The van der Waals surface area contributed by atoms with Crippen LogP contribution in [0.4, 0.5) is 0 Å². The molecule has 0 aliphatic heterocycles. The second-order valence-electron chi connectivity index (χ2n) is 8.14. The summed E-state index contributed by atoms with van der Waals surface area (Å²) in [7, 11) is 0. The largest absolute Gasteiger partial charge is 0.489 e. The molecule has 0 saturated heterocycles. The van der Waals surface area contributed by atoms with Crippen LogP contribution in [0.1, 0.15) is 27.2 Å². The van der Waals surface area contributed by atoms with E-state index in [1.54, 1.807) is 42.0 Å². The molecule has 0 bridgehead atoms. The van der Waals surface area contributed by atoms with E-state index in [0.717, 1.165) is 21.9 Å². The summed E-state index contributed by atoms with van der Waals surface area (Å²) in [6, 6.07) is 24.3. The van der Waals surface area contributed by atoms with Crippen LogP contribution in [-0.4, -0.2) is 26.5 Å². The van der Waals surface area contributed by atoms with Crippen molar-refractivity contribution in [1.29, 1.82) is 0 Å². The number of carboxylic acid groups (broad SMARTS) is 1. The van der Waals surface area contributed by atoms with Gasteiger partial charge in [-0.25, -0.2) is 0 Å². The number of ether oxygens (including phenoxy) is 1. The zero-order valence-electron chi connectivity index (χ0n) is 18.6. The highest BCUT2D eigenvalue weighted by Crippen LogP contribution is 2.28. The Hall–Kier alpha value is -4.45. The van der Waals surface area contributed by atoms with Gasteiger partial charge in [0, 0.05) is 33.8 Å². The van der Waals surface area contributed by atoms with Crippen LogP contribution in [-0.2, 0) is 17.8 Å². The quantitative estimate of drug-likeness (QED) is 0.375. The molecule has 1 N–H and O–H groups in total. The molecule has 0 unspecified atom stereocenters. The van der Waals surface area contributed by atoms with Crippen LogP contribution in [0.25, 0.3) is 21.8 Å². The number of fused-ring (bicyclic) bond motifs is 2. The Kier molecular flexibility index (Phi) is 5.55. The van der Waals surface area contributed by atoms with Crippen molar-refractivity contribution in [1.82, 2.24) is 9.55 Å². The van der Waals surface area contributed by atoms with Gasteiger partial charge in [-0.05, 0) is 55.0 Å². The maximum Gasteiger partial charge on any atom is 0.307 e. The normalized spacial score (nSPS) is 11.1. The smallest absolute Gasteiger partial charge is 0.307 e. The molecular formula is C28H22N2O4. The highest BCUT2D eigenvalue weighted by molar-refractivity contribution is 6.04. The summed E-state index contributed by atoms with van der Waals surface area (Å²) in [4.78, 5) is 29.2. The number of carbonyl (C=O) groups is 2. The lowest BCUT2D eigenvalue weighted by Crippen LogP contribution is -2.14.